The normalized spacial score (nSPS) is 44.2. The van der Waals surface area contributed by atoms with Crippen LogP contribution in [0.5, 0.6) is 0 Å². The van der Waals surface area contributed by atoms with Crippen molar-refractivity contribution in [3.63, 3.8) is 0 Å². The van der Waals surface area contributed by atoms with Crippen molar-refractivity contribution < 1.29 is 19.7 Å². The average Bonchev–Trinajstić information content (AvgIpc) is 2.17. The van der Waals surface area contributed by atoms with E-state index in [-0.39, 0.29) is 6.61 Å². The third kappa shape index (κ3) is 1.12. The van der Waals surface area contributed by atoms with E-state index in [0.717, 1.165) is 0 Å². The Morgan fingerprint density at radius 3 is 2.45 bits per heavy atom. The Morgan fingerprint density at radius 1 is 1.73 bits per heavy atom. The van der Waals surface area contributed by atoms with Gasteiger partial charge in [-0.15, -0.1) is 0 Å². The van der Waals surface area contributed by atoms with E-state index in [1.807, 2.05) is 0 Å². The zero-order chi connectivity index (χ0) is 8.65. The van der Waals surface area contributed by atoms with Gasteiger partial charge in [-0.3, -0.25) is 4.79 Å². The van der Waals surface area contributed by atoms with E-state index >= 15 is 0 Å². The number of aliphatic hydroxyl groups excluding tert-OH is 2. The first-order valence-corrected chi connectivity index (χ1v) is 3.53. The summed E-state index contributed by atoms with van der Waals surface area (Å²) in [5, 5.41) is 18.2. The molecule has 1 aliphatic rings. The molecule has 0 aromatic heterocycles. The molecule has 1 fully saturated rings. The number of aliphatic hydroxyl groups is 2. The standard InChI is InChI=1S/C7H12O4/c1-4-5(9)7(2,3-8)11-6(4)10/h4-5,8-9H,3H2,1-2H3. The smallest absolute Gasteiger partial charge is 0.312 e. The van der Waals surface area contributed by atoms with Gasteiger partial charge >= 0.3 is 5.97 Å². The van der Waals surface area contributed by atoms with Gasteiger partial charge in [0.05, 0.1) is 12.5 Å². The number of hydrogen-bond donors (Lipinski definition) is 2. The Bertz CT molecular complexity index is 179. The second-order valence-corrected chi connectivity index (χ2v) is 3.13. The summed E-state index contributed by atoms with van der Waals surface area (Å²) >= 11 is 0. The monoisotopic (exact) mass is 160 g/mol. The first-order valence-electron chi connectivity index (χ1n) is 3.53. The highest BCUT2D eigenvalue weighted by Crippen LogP contribution is 2.30. The minimum atomic E-state index is -1.10. The van der Waals surface area contributed by atoms with Crippen molar-refractivity contribution in [2.45, 2.75) is 25.6 Å². The van der Waals surface area contributed by atoms with E-state index in [1.54, 1.807) is 6.92 Å². The molecule has 0 spiro atoms. The van der Waals surface area contributed by atoms with Gasteiger partial charge in [0.25, 0.3) is 0 Å². The maximum atomic E-state index is 10.9. The van der Waals surface area contributed by atoms with Gasteiger partial charge in [-0.05, 0) is 13.8 Å². The lowest BCUT2D eigenvalue weighted by Gasteiger charge is -2.23. The number of carbonyl (C=O) groups is 1. The quantitative estimate of drug-likeness (QED) is 0.497. The van der Waals surface area contributed by atoms with Gasteiger partial charge in [-0.1, -0.05) is 0 Å². The lowest BCUT2D eigenvalue weighted by Crippen LogP contribution is -2.41. The minimum absolute atomic E-state index is 0.343. The molecule has 0 aromatic rings. The Morgan fingerprint density at radius 2 is 2.27 bits per heavy atom. The Balaban J connectivity index is 2.82. The molecule has 0 aliphatic carbocycles. The molecule has 3 unspecified atom stereocenters. The molecule has 64 valence electrons. The number of hydrogen-bond acceptors (Lipinski definition) is 4. The molecule has 0 amide bonds. The van der Waals surface area contributed by atoms with Crippen LogP contribution in [0.4, 0.5) is 0 Å². The van der Waals surface area contributed by atoms with Crippen LogP contribution in [0, 0.1) is 5.92 Å². The van der Waals surface area contributed by atoms with E-state index in [4.69, 9.17) is 9.84 Å². The number of rotatable bonds is 1. The summed E-state index contributed by atoms with van der Waals surface area (Å²) in [6, 6.07) is 0. The van der Waals surface area contributed by atoms with Gasteiger partial charge in [0.2, 0.25) is 0 Å². The molecule has 2 N–H and O–H groups in total. The largest absolute Gasteiger partial charge is 0.454 e. The molecule has 0 aromatic carbocycles. The topological polar surface area (TPSA) is 66.8 Å². The number of cyclic esters (lactones) is 1. The van der Waals surface area contributed by atoms with E-state index in [0.29, 0.717) is 0 Å². The fourth-order valence-corrected chi connectivity index (χ4v) is 1.17. The summed E-state index contributed by atoms with van der Waals surface area (Å²) in [5.41, 5.74) is -1.10. The van der Waals surface area contributed by atoms with Crippen LogP contribution in [0.15, 0.2) is 0 Å². The maximum absolute atomic E-state index is 10.9. The van der Waals surface area contributed by atoms with Crippen molar-refractivity contribution in [1.82, 2.24) is 0 Å². The molecule has 0 bridgehead atoms. The molecule has 4 heteroatoms. The van der Waals surface area contributed by atoms with Crippen molar-refractivity contribution in [1.29, 1.82) is 0 Å². The van der Waals surface area contributed by atoms with E-state index in [2.05, 4.69) is 0 Å². The summed E-state index contributed by atoms with van der Waals surface area (Å²) in [5.74, 6) is -0.985. The van der Waals surface area contributed by atoms with Crippen LogP contribution in [0.2, 0.25) is 0 Å². The minimum Gasteiger partial charge on any atom is -0.454 e. The third-order valence-corrected chi connectivity index (χ3v) is 2.12. The second kappa shape index (κ2) is 2.46. The van der Waals surface area contributed by atoms with Crippen molar-refractivity contribution in [2.24, 2.45) is 5.92 Å². The van der Waals surface area contributed by atoms with Crippen LogP contribution in [-0.2, 0) is 9.53 Å². The van der Waals surface area contributed by atoms with E-state index < -0.39 is 23.6 Å². The third-order valence-electron chi connectivity index (χ3n) is 2.12. The lowest BCUT2D eigenvalue weighted by molar-refractivity contribution is -0.154. The van der Waals surface area contributed by atoms with Crippen molar-refractivity contribution in [3.05, 3.63) is 0 Å². The van der Waals surface area contributed by atoms with Gasteiger partial charge in [0.1, 0.15) is 6.10 Å². The SMILES string of the molecule is CC1C(=O)OC(C)(CO)C1O. The highest BCUT2D eigenvalue weighted by molar-refractivity contribution is 5.76. The van der Waals surface area contributed by atoms with Crippen LogP contribution >= 0.6 is 0 Å². The highest BCUT2D eigenvalue weighted by atomic mass is 16.6. The average molecular weight is 160 g/mol. The van der Waals surface area contributed by atoms with Crippen LogP contribution in [0.3, 0.4) is 0 Å². The molecule has 1 aliphatic heterocycles. The number of carbonyl (C=O) groups excluding carboxylic acids is 1. The summed E-state index contributed by atoms with van der Waals surface area (Å²) in [6.45, 7) is 2.75. The van der Waals surface area contributed by atoms with Crippen LogP contribution in [0.1, 0.15) is 13.8 Å². The fraction of sp³-hybridized carbons (Fsp3) is 0.857. The molecule has 4 nitrogen and oxygen atoms in total. The Kier molecular flexibility index (Phi) is 1.90. The van der Waals surface area contributed by atoms with Gasteiger partial charge in [-0.25, -0.2) is 0 Å². The molecule has 0 saturated carbocycles. The number of esters is 1. The molecule has 11 heavy (non-hydrogen) atoms. The zero-order valence-corrected chi connectivity index (χ0v) is 6.57. The molecular weight excluding hydrogens is 148 g/mol. The highest BCUT2D eigenvalue weighted by Gasteiger charge is 2.49. The van der Waals surface area contributed by atoms with Crippen molar-refractivity contribution in [3.8, 4) is 0 Å². The molecule has 1 rings (SSSR count). The van der Waals surface area contributed by atoms with Gasteiger partial charge in [-0.2, -0.15) is 0 Å². The van der Waals surface area contributed by atoms with Gasteiger partial charge in [0, 0.05) is 0 Å². The number of ether oxygens (including phenoxy) is 1. The Labute approximate surface area is 64.8 Å². The predicted molar refractivity (Wildman–Crippen MR) is 36.8 cm³/mol. The predicted octanol–water partition coefficient (Wildman–Crippen LogP) is -0.709. The van der Waals surface area contributed by atoms with Crippen LogP contribution in [0.25, 0.3) is 0 Å². The molecule has 3 atom stereocenters. The van der Waals surface area contributed by atoms with Crippen LogP contribution < -0.4 is 0 Å². The molecule has 0 radical (unpaired) electrons. The maximum Gasteiger partial charge on any atom is 0.312 e. The fourth-order valence-electron chi connectivity index (χ4n) is 1.17. The summed E-state index contributed by atoms with van der Waals surface area (Å²) < 4.78 is 4.78. The van der Waals surface area contributed by atoms with Gasteiger partial charge < -0.3 is 14.9 Å². The molecular formula is C7H12O4. The summed E-state index contributed by atoms with van der Waals surface area (Å²) in [4.78, 5) is 10.9. The summed E-state index contributed by atoms with van der Waals surface area (Å²) in [6.07, 6.45) is -0.903. The molecule has 1 heterocycles. The lowest BCUT2D eigenvalue weighted by atomic mass is 9.94. The second-order valence-electron chi connectivity index (χ2n) is 3.13. The van der Waals surface area contributed by atoms with E-state index in [9.17, 15) is 9.90 Å². The first-order chi connectivity index (χ1) is 5.01. The molecule has 1 saturated heterocycles. The van der Waals surface area contributed by atoms with Crippen molar-refractivity contribution in [2.75, 3.05) is 6.61 Å². The summed E-state index contributed by atoms with van der Waals surface area (Å²) in [7, 11) is 0. The van der Waals surface area contributed by atoms with Crippen molar-refractivity contribution >= 4 is 5.97 Å². The Hall–Kier alpha value is -0.610. The van der Waals surface area contributed by atoms with Crippen LogP contribution in [-0.4, -0.2) is 34.5 Å². The van der Waals surface area contributed by atoms with E-state index in [1.165, 1.54) is 6.92 Å². The zero-order valence-electron chi connectivity index (χ0n) is 6.57. The van der Waals surface area contributed by atoms with Gasteiger partial charge in [0.15, 0.2) is 5.60 Å². The first kappa shape index (κ1) is 8.49.